The highest BCUT2D eigenvalue weighted by Crippen LogP contribution is 2.27. The molecule has 1 fully saturated rings. The number of ether oxygens (including phenoxy) is 1. The topological polar surface area (TPSA) is 92.8 Å². The molecule has 1 heterocycles. The van der Waals surface area contributed by atoms with E-state index in [4.69, 9.17) is 0 Å². The lowest BCUT2D eigenvalue weighted by Gasteiger charge is -2.34. The fraction of sp³-hybridized carbons (Fsp3) is 0.529. The highest BCUT2D eigenvalue weighted by atomic mass is 32.2. The predicted octanol–water partition coefficient (Wildman–Crippen LogP) is 1.44. The molecule has 26 heavy (non-hydrogen) atoms. The molecule has 1 saturated heterocycles. The third-order valence-corrected chi connectivity index (χ3v) is 6.18. The van der Waals surface area contributed by atoms with Crippen molar-refractivity contribution < 1.29 is 27.1 Å². The summed E-state index contributed by atoms with van der Waals surface area (Å²) in [4.78, 5) is 22.9. The highest BCUT2D eigenvalue weighted by molar-refractivity contribution is 7.89. The highest BCUT2D eigenvalue weighted by Gasteiger charge is 2.33. The second-order valence-electron chi connectivity index (χ2n) is 5.98. The minimum absolute atomic E-state index is 0.0429. The molecule has 0 unspecified atom stereocenters. The van der Waals surface area contributed by atoms with Gasteiger partial charge in [0.05, 0.1) is 11.5 Å². The smallest absolute Gasteiger partial charge is 0.396 e. The van der Waals surface area contributed by atoms with Gasteiger partial charge in [0.2, 0.25) is 10.0 Å². The van der Waals surface area contributed by atoms with Crippen LogP contribution in [0.5, 0.6) is 0 Å². The zero-order chi connectivity index (χ0) is 19.2. The van der Waals surface area contributed by atoms with Crippen molar-refractivity contribution in [3.05, 3.63) is 30.1 Å². The summed E-state index contributed by atoms with van der Waals surface area (Å²) in [6, 6.07) is 4.44. The minimum Gasteiger partial charge on any atom is -0.459 e. The van der Waals surface area contributed by atoms with Gasteiger partial charge in [-0.2, -0.15) is 4.31 Å². The molecule has 9 heteroatoms. The average molecular weight is 386 g/mol. The molecule has 1 aromatic rings. The number of sulfonamides is 1. The maximum atomic E-state index is 13.1. The lowest BCUT2D eigenvalue weighted by Crippen LogP contribution is -2.45. The van der Waals surface area contributed by atoms with Crippen LogP contribution < -0.4 is 5.32 Å². The fourth-order valence-electron chi connectivity index (χ4n) is 2.94. The number of nitrogens with one attached hydrogen (secondary N) is 1. The molecule has 0 spiro atoms. The van der Waals surface area contributed by atoms with Crippen LogP contribution in [0.4, 0.5) is 4.39 Å². The van der Waals surface area contributed by atoms with E-state index in [1.54, 1.807) is 6.92 Å². The summed E-state index contributed by atoms with van der Waals surface area (Å²) < 4.78 is 44.8. The molecule has 1 aromatic carbocycles. The van der Waals surface area contributed by atoms with E-state index in [1.807, 2.05) is 0 Å². The lowest BCUT2D eigenvalue weighted by atomic mass is 10.0. The van der Waals surface area contributed by atoms with Gasteiger partial charge >= 0.3 is 11.9 Å². The first-order valence-corrected chi connectivity index (χ1v) is 10.0. The van der Waals surface area contributed by atoms with E-state index in [2.05, 4.69) is 10.1 Å². The van der Waals surface area contributed by atoms with Crippen molar-refractivity contribution in [3.63, 3.8) is 0 Å². The Morgan fingerprint density at radius 2 is 1.96 bits per heavy atom. The number of rotatable bonds is 6. The molecule has 0 bridgehead atoms. The first kappa shape index (κ1) is 20.3. The number of benzene rings is 1. The molecule has 0 aliphatic carbocycles. The normalized spacial score (nSPS) is 18.3. The lowest BCUT2D eigenvalue weighted by molar-refractivity contribution is -0.154. The van der Waals surface area contributed by atoms with Crippen molar-refractivity contribution in [3.8, 4) is 0 Å². The largest absolute Gasteiger partial charge is 0.459 e. The van der Waals surface area contributed by atoms with Crippen LogP contribution in [-0.2, 0) is 24.3 Å². The molecule has 0 saturated carbocycles. The van der Waals surface area contributed by atoms with Crippen LogP contribution in [0, 0.1) is 5.82 Å². The van der Waals surface area contributed by atoms with Crippen LogP contribution in [0.1, 0.15) is 32.6 Å². The third-order valence-electron chi connectivity index (χ3n) is 4.22. The number of amides is 1. The second-order valence-corrected chi connectivity index (χ2v) is 7.87. The van der Waals surface area contributed by atoms with Gasteiger partial charge in [0.15, 0.2) is 0 Å². The average Bonchev–Trinajstić information content (AvgIpc) is 2.62. The molecule has 0 radical (unpaired) electrons. The van der Waals surface area contributed by atoms with Crippen molar-refractivity contribution in [1.29, 1.82) is 0 Å². The molecule has 7 nitrogen and oxygen atoms in total. The number of piperidine rings is 1. The van der Waals surface area contributed by atoms with Crippen molar-refractivity contribution in [2.45, 2.75) is 43.5 Å². The van der Waals surface area contributed by atoms with E-state index in [1.165, 1.54) is 16.4 Å². The zero-order valence-electron chi connectivity index (χ0n) is 14.6. The monoisotopic (exact) mass is 386 g/mol. The Bertz CT molecular complexity index is 736. The summed E-state index contributed by atoms with van der Waals surface area (Å²) in [6.45, 7) is 2.25. The Morgan fingerprint density at radius 3 is 2.62 bits per heavy atom. The van der Waals surface area contributed by atoms with Gasteiger partial charge < -0.3 is 10.1 Å². The number of hydrogen-bond acceptors (Lipinski definition) is 5. The van der Waals surface area contributed by atoms with E-state index >= 15 is 0 Å². The van der Waals surface area contributed by atoms with Crippen LogP contribution in [0.25, 0.3) is 0 Å². The van der Waals surface area contributed by atoms with Gasteiger partial charge in [-0.3, -0.25) is 4.79 Å². The van der Waals surface area contributed by atoms with Crippen LogP contribution in [0.15, 0.2) is 29.2 Å². The number of carbonyl (C=O) groups is 2. The van der Waals surface area contributed by atoms with Gasteiger partial charge in [0, 0.05) is 19.1 Å². The Balaban J connectivity index is 2.02. The summed E-state index contributed by atoms with van der Waals surface area (Å²) in [5, 5.41) is 2.45. The summed E-state index contributed by atoms with van der Waals surface area (Å²) >= 11 is 0. The van der Waals surface area contributed by atoms with Gasteiger partial charge in [-0.15, -0.1) is 0 Å². The summed E-state index contributed by atoms with van der Waals surface area (Å²) in [5.41, 5.74) is 0. The van der Waals surface area contributed by atoms with Crippen molar-refractivity contribution in [1.82, 2.24) is 9.62 Å². The van der Waals surface area contributed by atoms with Gasteiger partial charge in [-0.05, 0) is 50.5 Å². The number of nitrogens with zero attached hydrogens (tertiary/aromatic N) is 1. The summed E-state index contributed by atoms with van der Waals surface area (Å²) in [5.74, 6) is -2.29. The van der Waals surface area contributed by atoms with Gasteiger partial charge in [0.25, 0.3) is 0 Å². The quantitative estimate of drug-likeness (QED) is 0.590. The number of halogens is 1. The van der Waals surface area contributed by atoms with Crippen LogP contribution >= 0.6 is 0 Å². The SMILES string of the molecule is CCOC(=O)C(=O)NCC[C@H]1CCCCN1S(=O)(=O)c1ccc(F)cc1. The zero-order valence-corrected chi connectivity index (χ0v) is 15.4. The first-order valence-electron chi connectivity index (χ1n) is 8.58. The number of hydrogen-bond donors (Lipinski definition) is 1. The second kappa shape index (κ2) is 9.09. The third kappa shape index (κ3) is 5.01. The van der Waals surface area contributed by atoms with E-state index < -0.39 is 27.7 Å². The number of carbonyl (C=O) groups excluding carboxylic acids is 2. The Kier molecular flexibility index (Phi) is 7.10. The standard InChI is InChI=1S/C17H23FN2O5S/c1-2-25-17(22)16(21)19-11-10-14-5-3-4-12-20(14)26(23,24)15-8-6-13(18)7-9-15/h6-9,14H,2-5,10-12H2,1H3,(H,19,21)/t14-/m1/s1. The van der Waals surface area contributed by atoms with Crippen LogP contribution in [-0.4, -0.2) is 50.3 Å². The van der Waals surface area contributed by atoms with E-state index in [9.17, 15) is 22.4 Å². The molecular weight excluding hydrogens is 363 g/mol. The first-order chi connectivity index (χ1) is 12.4. The van der Waals surface area contributed by atoms with Crippen molar-refractivity contribution in [2.24, 2.45) is 0 Å². The molecule has 2 rings (SSSR count). The maximum Gasteiger partial charge on any atom is 0.396 e. The molecular formula is C17H23FN2O5S. The van der Waals surface area contributed by atoms with Crippen LogP contribution in [0.3, 0.4) is 0 Å². The van der Waals surface area contributed by atoms with E-state index in [0.717, 1.165) is 25.0 Å². The maximum absolute atomic E-state index is 13.1. The molecule has 144 valence electrons. The van der Waals surface area contributed by atoms with Crippen molar-refractivity contribution >= 4 is 21.9 Å². The van der Waals surface area contributed by atoms with Gasteiger partial charge in [-0.1, -0.05) is 6.42 Å². The van der Waals surface area contributed by atoms with E-state index in [0.29, 0.717) is 19.4 Å². The van der Waals surface area contributed by atoms with Crippen LogP contribution in [0.2, 0.25) is 0 Å². The number of esters is 1. The molecule has 1 aliphatic heterocycles. The van der Waals surface area contributed by atoms with Gasteiger partial charge in [0.1, 0.15) is 5.82 Å². The molecule has 0 aromatic heterocycles. The Morgan fingerprint density at radius 1 is 1.27 bits per heavy atom. The van der Waals surface area contributed by atoms with E-state index in [-0.39, 0.29) is 24.1 Å². The summed E-state index contributed by atoms with van der Waals surface area (Å²) in [6.07, 6.45) is 2.67. The Labute approximate surface area is 152 Å². The summed E-state index contributed by atoms with van der Waals surface area (Å²) in [7, 11) is -3.74. The van der Waals surface area contributed by atoms with Gasteiger partial charge in [-0.25, -0.2) is 17.6 Å². The predicted molar refractivity (Wildman–Crippen MR) is 92.2 cm³/mol. The molecule has 1 N–H and O–H groups in total. The van der Waals surface area contributed by atoms with Crippen molar-refractivity contribution in [2.75, 3.05) is 19.7 Å². The fourth-order valence-corrected chi connectivity index (χ4v) is 4.67. The Hall–Kier alpha value is -2.00. The minimum atomic E-state index is -3.74. The molecule has 1 aliphatic rings. The molecule has 1 atom stereocenters. The molecule has 1 amide bonds.